The molecule has 4 atom stereocenters. The van der Waals surface area contributed by atoms with Gasteiger partial charge in [0.1, 0.15) is 12.3 Å². The molecule has 0 bridgehead atoms. The van der Waals surface area contributed by atoms with Crippen LogP contribution in [0.2, 0.25) is 0 Å². The highest BCUT2D eigenvalue weighted by atomic mass is 79.9. The van der Waals surface area contributed by atoms with Crippen LogP contribution in [0.1, 0.15) is 12.8 Å². The number of halogens is 2. The Morgan fingerprint density at radius 3 is 2.08 bits per heavy atom. The van der Waals surface area contributed by atoms with Crippen LogP contribution in [0, 0.1) is 11.8 Å². The summed E-state index contributed by atoms with van der Waals surface area (Å²) in [6, 6.07) is 5.99. The molecule has 8 heteroatoms. The number of phenolic OH excluding ortho intramolecular Hbond substituents is 1. The Kier molecular flexibility index (Phi) is 4.96. The number of amides is 3. The summed E-state index contributed by atoms with van der Waals surface area (Å²) in [7, 11) is 0. The van der Waals surface area contributed by atoms with Crippen LogP contribution in [-0.4, -0.2) is 43.9 Å². The Balaban J connectivity index is 1.66. The summed E-state index contributed by atoms with van der Waals surface area (Å²) in [5.74, 6) is -1.58. The van der Waals surface area contributed by atoms with E-state index in [9.17, 15) is 19.5 Å². The van der Waals surface area contributed by atoms with Gasteiger partial charge in [-0.05, 0) is 37.1 Å². The van der Waals surface area contributed by atoms with Crippen molar-refractivity contribution in [2.75, 3.05) is 11.9 Å². The molecule has 2 N–H and O–H groups in total. The normalized spacial score (nSPS) is 29.5. The fourth-order valence-electron chi connectivity index (χ4n) is 3.21. The molecule has 0 radical (unpaired) electrons. The van der Waals surface area contributed by atoms with E-state index >= 15 is 0 Å². The van der Waals surface area contributed by atoms with Gasteiger partial charge in [-0.1, -0.05) is 31.9 Å². The Hall–Kier alpha value is -1.41. The van der Waals surface area contributed by atoms with Gasteiger partial charge in [-0.25, -0.2) is 0 Å². The highest BCUT2D eigenvalue weighted by molar-refractivity contribution is 9.12. The van der Waals surface area contributed by atoms with E-state index in [0.29, 0.717) is 18.5 Å². The number of hydrogen-bond acceptors (Lipinski definition) is 4. The van der Waals surface area contributed by atoms with Gasteiger partial charge in [0, 0.05) is 15.3 Å². The van der Waals surface area contributed by atoms with Crippen LogP contribution < -0.4 is 5.32 Å². The van der Waals surface area contributed by atoms with E-state index in [1.54, 1.807) is 12.1 Å². The van der Waals surface area contributed by atoms with Crippen LogP contribution in [0.15, 0.2) is 24.3 Å². The molecular formula is C16H16Br2N2O4. The highest BCUT2D eigenvalue weighted by Crippen LogP contribution is 2.43. The second-order valence-corrected chi connectivity index (χ2v) is 8.43. The maximum Gasteiger partial charge on any atom is 0.244 e. The highest BCUT2D eigenvalue weighted by Gasteiger charge is 2.52. The number of imide groups is 1. The maximum absolute atomic E-state index is 12.5. The van der Waals surface area contributed by atoms with Crippen LogP contribution in [-0.2, 0) is 14.4 Å². The van der Waals surface area contributed by atoms with E-state index in [-0.39, 0.29) is 45.6 Å². The predicted octanol–water partition coefficient (Wildman–Crippen LogP) is 2.25. The van der Waals surface area contributed by atoms with Crippen molar-refractivity contribution in [2.24, 2.45) is 11.8 Å². The number of rotatable bonds is 3. The first-order valence-electron chi connectivity index (χ1n) is 7.59. The summed E-state index contributed by atoms with van der Waals surface area (Å²) in [6.45, 7) is -0.286. The molecule has 3 amide bonds. The Bertz CT molecular complexity index is 651. The Morgan fingerprint density at radius 1 is 1.08 bits per heavy atom. The molecule has 24 heavy (non-hydrogen) atoms. The number of nitrogens with one attached hydrogen (secondary N) is 1. The Morgan fingerprint density at radius 2 is 1.58 bits per heavy atom. The van der Waals surface area contributed by atoms with Gasteiger partial charge in [0.05, 0.1) is 11.8 Å². The van der Waals surface area contributed by atoms with Crippen molar-refractivity contribution in [2.45, 2.75) is 22.5 Å². The lowest BCUT2D eigenvalue weighted by Crippen LogP contribution is -2.38. The third kappa shape index (κ3) is 3.35. The first-order valence-corrected chi connectivity index (χ1v) is 9.42. The molecule has 1 aliphatic carbocycles. The second kappa shape index (κ2) is 6.84. The van der Waals surface area contributed by atoms with E-state index in [4.69, 9.17) is 0 Å². The van der Waals surface area contributed by atoms with Crippen molar-refractivity contribution >= 4 is 55.3 Å². The number of nitrogens with zero attached hydrogens (tertiary/aromatic N) is 1. The third-order valence-corrected chi connectivity index (χ3v) is 7.19. The summed E-state index contributed by atoms with van der Waals surface area (Å²) in [5.41, 5.74) is 0.496. The number of carbonyl (C=O) groups excluding carboxylic acids is 3. The lowest BCUT2D eigenvalue weighted by Gasteiger charge is -2.29. The molecule has 3 rings (SSSR count). The average Bonchev–Trinajstić information content (AvgIpc) is 2.75. The van der Waals surface area contributed by atoms with Gasteiger partial charge < -0.3 is 10.4 Å². The van der Waals surface area contributed by atoms with Crippen molar-refractivity contribution in [3.05, 3.63) is 24.3 Å². The van der Waals surface area contributed by atoms with Crippen LogP contribution in [0.5, 0.6) is 5.75 Å². The smallest absolute Gasteiger partial charge is 0.244 e. The minimum absolute atomic E-state index is 0.0932. The number of phenols is 1. The standard InChI is InChI=1S/C16H16Br2N2O4/c17-12-5-10-11(6-13(12)18)16(24)20(15(10)23)7-14(22)19-8-1-3-9(21)4-2-8/h1-4,10-13,21H,5-7H2,(H,19,22)/t10-,11+,12+,13-. The van der Waals surface area contributed by atoms with Gasteiger partial charge in [-0.15, -0.1) is 0 Å². The SMILES string of the molecule is O=C(CN1C(=O)[C@H]2C[C@@H](Br)[C@@H](Br)C[C@H]2C1=O)Nc1ccc(O)cc1. The van der Waals surface area contributed by atoms with Crippen molar-refractivity contribution in [1.29, 1.82) is 0 Å². The zero-order chi connectivity index (χ0) is 17.4. The first-order chi connectivity index (χ1) is 11.4. The Labute approximate surface area is 155 Å². The molecule has 0 unspecified atom stereocenters. The van der Waals surface area contributed by atoms with Crippen LogP contribution >= 0.6 is 31.9 Å². The number of fused-ring (bicyclic) bond motifs is 1. The lowest BCUT2D eigenvalue weighted by molar-refractivity contribution is -0.142. The van der Waals surface area contributed by atoms with Crippen molar-refractivity contribution in [3.8, 4) is 5.75 Å². The van der Waals surface area contributed by atoms with Gasteiger partial charge in [0.15, 0.2) is 0 Å². The first kappa shape index (κ1) is 17.4. The quantitative estimate of drug-likeness (QED) is 0.412. The molecule has 1 aromatic carbocycles. The predicted molar refractivity (Wildman–Crippen MR) is 95.1 cm³/mol. The molecule has 1 aromatic rings. The van der Waals surface area contributed by atoms with Crippen molar-refractivity contribution in [1.82, 2.24) is 4.90 Å². The van der Waals surface area contributed by atoms with Gasteiger partial charge in [0.25, 0.3) is 0 Å². The fourth-order valence-corrected chi connectivity index (χ4v) is 4.45. The molecule has 0 spiro atoms. The molecule has 2 fully saturated rings. The summed E-state index contributed by atoms with van der Waals surface area (Å²) in [5, 5.41) is 11.9. The maximum atomic E-state index is 12.5. The third-order valence-electron chi connectivity index (χ3n) is 4.46. The average molecular weight is 460 g/mol. The number of carbonyl (C=O) groups is 3. The number of anilines is 1. The van der Waals surface area contributed by atoms with Gasteiger partial charge >= 0.3 is 0 Å². The lowest BCUT2D eigenvalue weighted by atomic mass is 9.81. The number of aromatic hydroxyl groups is 1. The minimum Gasteiger partial charge on any atom is -0.508 e. The van der Waals surface area contributed by atoms with Crippen LogP contribution in [0.3, 0.4) is 0 Å². The largest absolute Gasteiger partial charge is 0.508 e. The zero-order valence-electron chi connectivity index (χ0n) is 12.6. The molecule has 6 nitrogen and oxygen atoms in total. The molecular weight excluding hydrogens is 444 g/mol. The molecule has 1 saturated carbocycles. The van der Waals surface area contributed by atoms with E-state index in [1.165, 1.54) is 12.1 Å². The van der Waals surface area contributed by atoms with E-state index in [0.717, 1.165) is 4.90 Å². The van der Waals surface area contributed by atoms with Gasteiger partial charge in [-0.2, -0.15) is 0 Å². The number of alkyl halides is 2. The fraction of sp³-hybridized carbons (Fsp3) is 0.438. The minimum atomic E-state index is -0.438. The topological polar surface area (TPSA) is 86.7 Å². The van der Waals surface area contributed by atoms with Gasteiger partial charge in [0.2, 0.25) is 17.7 Å². The molecule has 2 aliphatic rings. The molecule has 0 aromatic heterocycles. The number of likely N-dealkylation sites (tertiary alicyclic amines) is 1. The molecule has 128 valence electrons. The monoisotopic (exact) mass is 458 g/mol. The summed E-state index contributed by atoms with van der Waals surface area (Å²) in [4.78, 5) is 38.5. The summed E-state index contributed by atoms with van der Waals surface area (Å²) in [6.07, 6.45) is 1.17. The second-order valence-electron chi connectivity index (χ2n) is 6.07. The van der Waals surface area contributed by atoms with E-state index in [1.807, 2.05) is 0 Å². The summed E-state index contributed by atoms with van der Waals surface area (Å²) < 4.78 is 0. The van der Waals surface area contributed by atoms with Crippen LogP contribution in [0.4, 0.5) is 5.69 Å². The number of benzene rings is 1. The van der Waals surface area contributed by atoms with Crippen molar-refractivity contribution in [3.63, 3.8) is 0 Å². The van der Waals surface area contributed by atoms with Gasteiger partial charge in [-0.3, -0.25) is 19.3 Å². The molecule has 1 aliphatic heterocycles. The molecule has 1 heterocycles. The van der Waals surface area contributed by atoms with Crippen molar-refractivity contribution < 1.29 is 19.5 Å². The van der Waals surface area contributed by atoms with Crippen LogP contribution in [0.25, 0.3) is 0 Å². The number of hydrogen-bond donors (Lipinski definition) is 2. The molecule has 1 saturated heterocycles. The summed E-state index contributed by atoms with van der Waals surface area (Å²) >= 11 is 7.06. The zero-order valence-corrected chi connectivity index (χ0v) is 15.8. The van der Waals surface area contributed by atoms with E-state index < -0.39 is 5.91 Å². The van der Waals surface area contributed by atoms with E-state index in [2.05, 4.69) is 37.2 Å².